The summed E-state index contributed by atoms with van der Waals surface area (Å²) in [4.78, 5) is 13.8. The van der Waals surface area contributed by atoms with Crippen LogP contribution in [0.1, 0.15) is 33.6 Å². The van der Waals surface area contributed by atoms with Gasteiger partial charge in [-0.2, -0.15) is 0 Å². The lowest BCUT2D eigenvalue weighted by atomic mass is 9.97. The molecule has 1 fully saturated rings. The maximum atomic E-state index is 13.4. The van der Waals surface area contributed by atoms with Gasteiger partial charge in [0.1, 0.15) is 11.4 Å². The highest BCUT2D eigenvalue weighted by Gasteiger charge is 2.26. The van der Waals surface area contributed by atoms with Crippen molar-refractivity contribution in [3.8, 4) is 0 Å². The number of benzene rings is 1. The standard InChI is InChI=1S/C17H24ClFN2O2/c1-17(2,3)23-16(22)21-8-6-12(7-9-21)11-20-13-4-5-14(18)15(19)10-13/h4-5,10,12,20H,6-9,11H2,1-3H3. The summed E-state index contributed by atoms with van der Waals surface area (Å²) in [5.74, 6) is 0.0313. The van der Waals surface area contributed by atoms with Gasteiger partial charge in [-0.05, 0) is 57.7 Å². The Morgan fingerprint density at radius 2 is 2.04 bits per heavy atom. The first-order valence-corrected chi connectivity index (χ1v) is 8.29. The van der Waals surface area contributed by atoms with Crippen molar-refractivity contribution in [2.75, 3.05) is 25.0 Å². The molecule has 1 aromatic carbocycles. The first-order valence-electron chi connectivity index (χ1n) is 7.91. The molecule has 1 aliphatic rings. The number of rotatable bonds is 3. The lowest BCUT2D eigenvalue weighted by Crippen LogP contribution is -2.42. The number of carbonyl (C=O) groups is 1. The maximum Gasteiger partial charge on any atom is 0.410 e. The molecule has 0 aliphatic carbocycles. The monoisotopic (exact) mass is 342 g/mol. The van der Waals surface area contributed by atoms with Crippen LogP contribution in [-0.4, -0.2) is 36.2 Å². The van der Waals surface area contributed by atoms with Gasteiger partial charge >= 0.3 is 6.09 Å². The third-order valence-corrected chi connectivity index (χ3v) is 4.09. The van der Waals surface area contributed by atoms with Gasteiger partial charge in [0.25, 0.3) is 0 Å². The number of ether oxygens (including phenoxy) is 1. The molecule has 0 unspecified atom stereocenters. The van der Waals surface area contributed by atoms with E-state index in [2.05, 4.69) is 5.32 Å². The topological polar surface area (TPSA) is 41.6 Å². The predicted octanol–water partition coefficient (Wildman–Crippen LogP) is 4.54. The van der Waals surface area contributed by atoms with Crippen LogP contribution in [0.2, 0.25) is 5.02 Å². The van der Waals surface area contributed by atoms with E-state index < -0.39 is 11.4 Å². The second-order valence-electron chi connectivity index (χ2n) is 6.92. The smallest absolute Gasteiger partial charge is 0.410 e. The summed E-state index contributed by atoms with van der Waals surface area (Å²) < 4.78 is 18.8. The molecule has 0 saturated carbocycles. The Morgan fingerprint density at radius 3 is 2.61 bits per heavy atom. The van der Waals surface area contributed by atoms with E-state index in [0.717, 1.165) is 25.1 Å². The van der Waals surface area contributed by atoms with Crippen molar-refractivity contribution in [3.63, 3.8) is 0 Å². The Morgan fingerprint density at radius 1 is 1.39 bits per heavy atom. The van der Waals surface area contributed by atoms with Gasteiger partial charge in [-0.3, -0.25) is 0 Å². The molecule has 0 spiro atoms. The Balaban J connectivity index is 1.76. The van der Waals surface area contributed by atoms with Crippen molar-refractivity contribution in [2.24, 2.45) is 5.92 Å². The van der Waals surface area contributed by atoms with Crippen molar-refractivity contribution < 1.29 is 13.9 Å². The highest BCUT2D eigenvalue weighted by Crippen LogP contribution is 2.22. The molecular formula is C17H24ClFN2O2. The molecule has 23 heavy (non-hydrogen) atoms. The van der Waals surface area contributed by atoms with E-state index in [-0.39, 0.29) is 11.1 Å². The van der Waals surface area contributed by atoms with Gasteiger partial charge in [-0.25, -0.2) is 9.18 Å². The number of halogens is 2. The van der Waals surface area contributed by atoms with E-state index in [1.165, 1.54) is 6.07 Å². The van der Waals surface area contributed by atoms with Gasteiger partial charge in [0.2, 0.25) is 0 Å². The van der Waals surface area contributed by atoms with Gasteiger partial charge in [0, 0.05) is 25.3 Å². The van der Waals surface area contributed by atoms with E-state index >= 15 is 0 Å². The molecule has 0 bridgehead atoms. The summed E-state index contributed by atoms with van der Waals surface area (Å²) in [6, 6.07) is 4.71. The molecule has 0 aromatic heterocycles. The van der Waals surface area contributed by atoms with Crippen LogP contribution in [0.5, 0.6) is 0 Å². The molecule has 1 N–H and O–H groups in total. The summed E-state index contributed by atoms with van der Waals surface area (Å²) in [7, 11) is 0. The third-order valence-electron chi connectivity index (χ3n) is 3.78. The number of likely N-dealkylation sites (tertiary alicyclic amines) is 1. The third kappa shape index (κ3) is 5.57. The van der Waals surface area contributed by atoms with Crippen LogP contribution < -0.4 is 5.32 Å². The minimum atomic E-state index is -0.464. The van der Waals surface area contributed by atoms with Gasteiger partial charge in [0.15, 0.2) is 0 Å². The molecule has 1 aliphatic heterocycles. The molecule has 0 radical (unpaired) electrons. The number of hydrogen-bond donors (Lipinski definition) is 1. The first-order chi connectivity index (χ1) is 10.7. The van der Waals surface area contributed by atoms with Crippen molar-refractivity contribution in [2.45, 2.75) is 39.2 Å². The normalized spacial score (nSPS) is 16.3. The first kappa shape index (κ1) is 17.9. The number of nitrogens with zero attached hydrogens (tertiary/aromatic N) is 1. The molecule has 1 heterocycles. The SMILES string of the molecule is CC(C)(C)OC(=O)N1CCC(CNc2ccc(Cl)c(F)c2)CC1. The van der Waals surface area contributed by atoms with Crippen molar-refractivity contribution in [1.82, 2.24) is 4.90 Å². The Kier molecular flexibility index (Phi) is 5.74. The molecule has 0 atom stereocenters. The van der Waals surface area contributed by atoms with Crippen LogP contribution in [-0.2, 0) is 4.74 Å². The van der Waals surface area contributed by atoms with Crippen LogP contribution in [0.3, 0.4) is 0 Å². The second kappa shape index (κ2) is 7.39. The van der Waals surface area contributed by atoms with Crippen LogP contribution >= 0.6 is 11.6 Å². The zero-order chi connectivity index (χ0) is 17.0. The van der Waals surface area contributed by atoms with E-state index in [4.69, 9.17) is 16.3 Å². The highest BCUT2D eigenvalue weighted by molar-refractivity contribution is 6.30. The molecule has 4 nitrogen and oxygen atoms in total. The molecule has 2 rings (SSSR count). The second-order valence-corrected chi connectivity index (χ2v) is 7.33. The van der Waals surface area contributed by atoms with E-state index in [1.54, 1.807) is 17.0 Å². The summed E-state index contributed by atoms with van der Waals surface area (Å²) in [6.07, 6.45) is 1.56. The largest absolute Gasteiger partial charge is 0.444 e. The molecule has 1 saturated heterocycles. The van der Waals surface area contributed by atoms with Gasteiger partial charge in [0.05, 0.1) is 5.02 Å². The summed E-state index contributed by atoms with van der Waals surface area (Å²) >= 11 is 5.67. The molecular weight excluding hydrogens is 319 g/mol. The fourth-order valence-corrected chi connectivity index (χ4v) is 2.63. The molecule has 128 valence electrons. The lowest BCUT2D eigenvalue weighted by molar-refractivity contribution is 0.0188. The predicted molar refractivity (Wildman–Crippen MR) is 90.4 cm³/mol. The maximum absolute atomic E-state index is 13.4. The number of piperidine rings is 1. The highest BCUT2D eigenvalue weighted by atomic mass is 35.5. The van der Waals surface area contributed by atoms with Crippen molar-refractivity contribution in [3.05, 3.63) is 29.0 Å². The Hall–Kier alpha value is -1.49. The zero-order valence-corrected chi connectivity index (χ0v) is 14.6. The Bertz CT molecular complexity index is 552. The lowest BCUT2D eigenvalue weighted by Gasteiger charge is -2.33. The van der Waals surface area contributed by atoms with Crippen LogP contribution in [0, 0.1) is 11.7 Å². The molecule has 1 aromatic rings. The number of carbonyl (C=O) groups excluding carboxylic acids is 1. The van der Waals surface area contributed by atoms with E-state index in [9.17, 15) is 9.18 Å². The number of hydrogen-bond acceptors (Lipinski definition) is 3. The minimum absolute atomic E-state index is 0.126. The minimum Gasteiger partial charge on any atom is -0.444 e. The summed E-state index contributed by atoms with van der Waals surface area (Å²) in [5.41, 5.74) is 0.259. The average molecular weight is 343 g/mol. The van der Waals surface area contributed by atoms with Gasteiger partial charge < -0.3 is 15.0 Å². The van der Waals surface area contributed by atoms with E-state index in [0.29, 0.717) is 19.0 Å². The number of anilines is 1. The Labute approximate surface area is 141 Å². The van der Waals surface area contributed by atoms with Crippen LogP contribution in [0.4, 0.5) is 14.9 Å². The van der Waals surface area contributed by atoms with Gasteiger partial charge in [-0.1, -0.05) is 11.6 Å². The quantitative estimate of drug-likeness (QED) is 0.876. The van der Waals surface area contributed by atoms with Crippen molar-refractivity contribution in [1.29, 1.82) is 0 Å². The summed E-state index contributed by atoms with van der Waals surface area (Å²) in [5, 5.41) is 3.36. The summed E-state index contributed by atoms with van der Waals surface area (Å²) in [6.45, 7) is 7.74. The number of nitrogens with one attached hydrogen (secondary N) is 1. The van der Waals surface area contributed by atoms with Gasteiger partial charge in [-0.15, -0.1) is 0 Å². The zero-order valence-electron chi connectivity index (χ0n) is 13.9. The van der Waals surface area contributed by atoms with Crippen molar-refractivity contribution >= 4 is 23.4 Å². The average Bonchev–Trinajstić information content (AvgIpc) is 2.47. The molecule has 6 heteroatoms. The number of amides is 1. The molecule has 1 amide bonds. The fraction of sp³-hybridized carbons (Fsp3) is 0.588. The van der Waals surface area contributed by atoms with E-state index in [1.807, 2.05) is 20.8 Å². The fourth-order valence-electron chi connectivity index (χ4n) is 2.51. The van der Waals surface area contributed by atoms with Crippen LogP contribution in [0.15, 0.2) is 18.2 Å². The van der Waals surface area contributed by atoms with Crippen LogP contribution in [0.25, 0.3) is 0 Å².